The van der Waals surface area contributed by atoms with Gasteiger partial charge in [0.05, 0.1) is 22.1 Å². The summed E-state index contributed by atoms with van der Waals surface area (Å²) >= 11 is 0. The molecule has 0 aliphatic rings. The third kappa shape index (κ3) is 8.19. The van der Waals surface area contributed by atoms with Gasteiger partial charge >= 0.3 is 0 Å². The van der Waals surface area contributed by atoms with E-state index in [4.69, 9.17) is 0 Å². The summed E-state index contributed by atoms with van der Waals surface area (Å²) in [6, 6.07) is 126. The summed E-state index contributed by atoms with van der Waals surface area (Å²) in [4.78, 5) is 0. The van der Waals surface area contributed by atoms with Gasteiger partial charge in [-0.2, -0.15) is 0 Å². The van der Waals surface area contributed by atoms with E-state index in [0.29, 0.717) is 0 Å². The molecule has 0 fully saturated rings. The number of aromatic nitrogens is 2. The highest BCUT2D eigenvalue weighted by molar-refractivity contribution is 6.25. The van der Waals surface area contributed by atoms with Crippen LogP contribution < -0.4 is 0 Å². The van der Waals surface area contributed by atoms with Crippen LogP contribution in [0.4, 0.5) is 0 Å². The number of rotatable bonds is 9. The molecule has 90 heavy (non-hydrogen) atoms. The number of para-hydroxylation sites is 4. The highest BCUT2D eigenvalue weighted by atomic mass is 15.0. The highest BCUT2D eigenvalue weighted by Gasteiger charge is 2.23. The first kappa shape index (κ1) is 51.4. The molecule has 2 nitrogen and oxygen atoms in total. The van der Waals surface area contributed by atoms with Crippen molar-refractivity contribution < 1.29 is 0 Å². The summed E-state index contributed by atoms with van der Waals surface area (Å²) in [6.45, 7) is 0. The molecule has 0 saturated carbocycles. The Morgan fingerprint density at radius 3 is 0.978 bits per heavy atom. The first-order valence-corrected chi connectivity index (χ1v) is 31.1. The Hall–Kier alpha value is -11.8. The van der Waals surface area contributed by atoms with E-state index in [2.05, 4.69) is 349 Å². The standard InChI is InChI=1S/C88H56N2/c1-5-22-59(23-6-1)84-70-31-13-16-34-73(70)87(79-56-65(49-52-75(79)84)68-36-21-39-83-88(68)76-35-18-20-38-81(76)90(83)67-28-11-4-12-29-67)62-46-42-58(43-47-62)57-40-44-61(45-41-57)85-71-32-14-15-33-72(71)86(60-24-7-2-8-25-60)78-55-63(48-51-74(78)85)64-50-53-82-77(54-64)69-30-17-19-37-80(69)89(82)66-26-9-3-10-27-66/h1-56H. The van der Waals surface area contributed by atoms with Crippen molar-refractivity contribution in [1.82, 2.24) is 9.13 Å². The molecule has 418 valence electrons. The fourth-order valence-corrected chi connectivity index (χ4v) is 14.9. The molecule has 0 N–H and O–H groups in total. The first-order valence-electron chi connectivity index (χ1n) is 31.1. The minimum Gasteiger partial charge on any atom is -0.309 e. The second-order valence-electron chi connectivity index (χ2n) is 23.8. The third-order valence-corrected chi connectivity index (χ3v) is 18.9. The van der Waals surface area contributed by atoms with Crippen molar-refractivity contribution in [2.45, 2.75) is 0 Å². The highest BCUT2D eigenvalue weighted by Crippen LogP contribution is 2.49. The van der Waals surface area contributed by atoms with Crippen molar-refractivity contribution in [2.75, 3.05) is 0 Å². The molecule has 2 heterocycles. The summed E-state index contributed by atoms with van der Waals surface area (Å²) in [5, 5.41) is 14.9. The monoisotopic (exact) mass is 1140 g/mol. The molecule has 2 heteroatoms. The van der Waals surface area contributed by atoms with Gasteiger partial charge in [-0.15, -0.1) is 0 Å². The Morgan fingerprint density at radius 2 is 0.467 bits per heavy atom. The molecule has 0 aliphatic heterocycles. The molecule has 18 aromatic rings. The smallest absolute Gasteiger partial charge is 0.0547 e. The Labute approximate surface area is 521 Å². The number of hydrogen-bond acceptors (Lipinski definition) is 0. The van der Waals surface area contributed by atoms with Crippen molar-refractivity contribution in [1.29, 1.82) is 0 Å². The van der Waals surface area contributed by atoms with Gasteiger partial charge in [0, 0.05) is 32.9 Å². The lowest BCUT2D eigenvalue weighted by Crippen LogP contribution is -1.93. The minimum absolute atomic E-state index is 1.15. The number of benzene rings is 16. The lowest BCUT2D eigenvalue weighted by atomic mass is 9.84. The first-order chi connectivity index (χ1) is 44.7. The Morgan fingerprint density at radius 1 is 0.156 bits per heavy atom. The molecule has 2 aromatic heterocycles. The number of hydrogen-bond donors (Lipinski definition) is 0. The number of nitrogens with zero attached hydrogens (tertiary/aromatic N) is 2. The van der Waals surface area contributed by atoms with Crippen LogP contribution in [0.1, 0.15) is 0 Å². The fraction of sp³-hybridized carbons (Fsp3) is 0. The van der Waals surface area contributed by atoms with Gasteiger partial charge in [0.1, 0.15) is 0 Å². The summed E-state index contributed by atoms with van der Waals surface area (Å²) in [5.74, 6) is 0. The summed E-state index contributed by atoms with van der Waals surface area (Å²) < 4.78 is 4.80. The van der Waals surface area contributed by atoms with E-state index in [1.54, 1.807) is 0 Å². The Kier molecular flexibility index (Phi) is 12.0. The average molecular weight is 1140 g/mol. The van der Waals surface area contributed by atoms with Crippen molar-refractivity contribution in [3.8, 4) is 89.3 Å². The molecule has 0 atom stereocenters. The van der Waals surface area contributed by atoms with Crippen LogP contribution in [-0.2, 0) is 0 Å². The SMILES string of the molecule is c1ccc(-c2c3ccccc3c(-c3ccc(-c4ccc(-c5c6ccccc6c(-c6ccccc6)c6cc(-c7ccc8c(c7)c7ccccc7n8-c7ccccc7)ccc56)cc4)cc3)c3cc(-c4cccc5c4c4ccccc4n5-c4ccccc4)ccc23)cc1. The van der Waals surface area contributed by atoms with E-state index < -0.39 is 0 Å². The van der Waals surface area contributed by atoms with Crippen molar-refractivity contribution >= 4 is 86.7 Å². The summed E-state index contributed by atoms with van der Waals surface area (Å²) in [6.07, 6.45) is 0. The maximum absolute atomic E-state index is 2.46. The van der Waals surface area contributed by atoms with Crippen LogP contribution in [0.25, 0.3) is 176 Å². The molecule has 0 radical (unpaired) electrons. The van der Waals surface area contributed by atoms with Crippen LogP contribution in [0, 0.1) is 0 Å². The fourth-order valence-electron chi connectivity index (χ4n) is 14.9. The van der Waals surface area contributed by atoms with Crippen molar-refractivity contribution in [2.24, 2.45) is 0 Å². The number of fused-ring (bicyclic) bond motifs is 10. The zero-order valence-electron chi connectivity index (χ0n) is 49.2. The van der Waals surface area contributed by atoms with Crippen LogP contribution in [-0.4, -0.2) is 9.13 Å². The topological polar surface area (TPSA) is 9.86 Å². The van der Waals surface area contributed by atoms with Gasteiger partial charge < -0.3 is 9.13 Å². The molecule has 0 bridgehead atoms. The second kappa shape index (κ2) is 21.0. The second-order valence-corrected chi connectivity index (χ2v) is 23.8. The summed E-state index contributed by atoms with van der Waals surface area (Å²) in [7, 11) is 0. The van der Waals surface area contributed by atoms with Crippen molar-refractivity contribution in [3.63, 3.8) is 0 Å². The Bertz CT molecular complexity index is 5840. The van der Waals surface area contributed by atoms with E-state index in [1.807, 2.05) is 0 Å². The lowest BCUT2D eigenvalue weighted by molar-refractivity contribution is 1.18. The van der Waals surface area contributed by atoms with Crippen LogP contribution >= 0.6 is 0 Å². The van der Waals surface area contributed by atoms with Gasteiger partial charge in [-0.05, 0) is 188 Å². The predicted molar refractivity (Wildman–Crippen MR) is 383 cm³/mol. The minimum atomic E-state index is 1.15. The van der Waals surface area contributed by atoms with Crippen LogP contribution in [0.3, 0.4) is 0 Å². The molecule has 0 spiro atoms. The van der Waals surface area contributed by atoms with E-state index in [9.17, 15) is 0 Å². The van der Waals surface area contributed by atoms with Gasteiger partial charge in [-0.3, -0.25) is 0 Å². The normalized spacial score (nSPS) is 11.8. The van der Waals surface area contributed by atoms with Crippen LogP contribution in [0.2, 0.25) is 0 Å². The maximum Gasteiger partial charge on any atom is 0.0547 e. The van der Waals surface area contributed by atoms with E-state index in [1.165, 1.54) is 165 Å². The summed E-state index contributed by atoms with van der Waals surface area (Å²) in [5.41, 5.74) is 24.0. The molecule has 0 saturated heterocycles. The van der Waals surface area contributed by atoms with Gasteiger partial charge in [0.25, 0.3) is 0 Å². The lowest BCUT2D eigenvalue weighted by Gasteiger charge is -2.19. The van der Waals surface area contributed by atoms with Crippen molar-refractivity contribution in [3.05, 3.63) is 340 Å². The predicted octanol–water partition coefficient (Wildman–Crippen LogP) is 24.2. The van der Waals surface area contributed by atoms with Gasteiger partial charge in [-0.25, -0.2) is 0 Å². The molecule has 0 amide bonds. The molecule has 0 unspecified atom stereocenters. The van der Waals surface area contributed by atoms with Gasteiger partial charge in [0.15, 0.2) is 0 Å². The molecule has 16 aromatic carbocycles. The zero-order chi connectivity index (χ0) is 59.2. The van der Waals surface area contributed by atoms with Gasteiger partial charge in [0.2, 0.25) is 0 Å². The van der Waals surface area contributed by atoms with Gasteiger partial charge in [-0.1, -0.05) is 273 Å². The van der Waals surface area contributed by atoms with E-state index in [0.717, 1.165) is 11.4 Å². The largest absolute Gasteiger partial charge is 0.309 e. The molecular weight excluding hydrogens is 1080 g/mol. The van der Waals surface area contributed by atoms with E-state index >= 15 is 0 Å². The van der Waals surface area contributed by atoms with Crippen LogP contribution in [0.5, 0.6) is 0 Å². The molecular formula is C88H56N2. The average Bonchev–Trinajstić information content (AvgIpc) is 1.53. The zero-order valence-corrected chi connectivity index (χ0v) is 49.2. The maximum atomic E-state index is 2.46. The van der Waals surface area contributed by atoms with Crippen LogP contribution in [0.15, 0.2) is 340 Å². The molecule has 0 aliphatic carbocycles. The quantitative estimate of drug-likeness (QED) is 0.128. The van der Waals surface area contributed by atoms with E-state index in [-0.39, 0.29) is 0 Å². The molecule has 18 rings (SSSR count). The third-order valence-electron chi connectivity index (χ3n) is 18.9. The Balaban J connectivity index is 0.761.